The maximum atomic E-state index is 13.1. The van der Waals surface area contributed by atoms with E-state index in [1.807, 2.05) is 0 Å². The molecule has 3 rings (SSSR count). The summed E-state index contributed by atoms with van der Waals surface area (Å²) in [6.45, 7) is 4.62. The smallest absolute Gasteiger partial charge is 0.244 e. The van der Waals surface area contributed by atoms with Crippen LogP contribution in [-0.4, -0.2) is 66.8 Å². The molecular weight excluding hydrogens is 409 g/mol. The summed E-state index contributed by atoms with van der Waals surface area (Å²) in [7, 11) is -0.775. The second kappa shape index (κ2) is 10.1. The number of methoxy groups -OCH3 is 2. The van der Waals surface area contributed by atoms with Crippen molar-refractivity contribution in [2.45, 2.75) is 11.3 Å². The Bertz CT molecular complexity index is 930. The zero-order chi connectivity index (χ0) is 21.6. The molecule has 1 fully saturated rings. The molecule has 0 spiro atoms. The number of hydrogen-bond acceptors (Lipinski definition) is 6. The zero-order valence-corrected chi connectivity index (χ0v) is 18.1. The van der Waals surface area contributed by atoms with Gasteiger partial charge in [-0.3, -0.25) is 4.90 Å². The number of halogens is 1. The van der Waals surface area contributed by atoms with E-state index in [0.717, 1.165) is 38.4 Å². The Morgan fingerprint density at radius 1 is 1.00 bits per heavy atom. The van der Waals surface area contributed by atoms with E-state index in [1.54, 1.807) is 24.3 Å². The molecule has 9 heteroatoms. The molecular formula is C21H28FN3O4S. The first-order valence-corrected chi connectivity index (χ1v) is 11.4. The minimum atomic E-state index is -3.70. The minimum Gasteiger partial charge on any atom is -0.497 e. The first kappa shape index (κ1) is 22.3. The highest BCUT2D eigenvalue weighted by Gasteiger charge is 2.21. The second-order valence-corrected chi connectivity index (χ2v) is 8.81. The summed E-state index contributed by atoms with van der Waals surface area (Å²) in [5, 5.41) is 0. The van der Waals surface area contributed by atoms with E-state index in [0.29, 0.717) is 18.7 Å². The van der Waals surface area contributed by atoms with Gasteiger partial charge in [0.05, 0.1) is 14.2 Å². The van der Waals surface area contributed by atoms with Crippen LogP contribution in [-0.2, 0) is 10.0 Å². The maximum absolute atomic E-state index is 13.1. The number of nitrogens with zero attached hydrogens (tertiary/aromatic N) is 2. The van der Waals surface area contributed by atoms with E-state index in [1.165, 1.54) is 32.4 Å². The van der Waals surface area contributed by atoms with Crippen molar-refractivity contribution in [2.75, 3.05) is 58.4 Å². The van der Waals surface area contributed by atoms with Crippen LogP contribution in [0.3, 0.4) is 0 Å². The number of piperazine rings is 1. The molecule has 30 heavy (non-hydrogen) atoms. The molecule has 0 atom stereocenters. The normalized spacial score (nSPS) is 15.2. The molecule has 1 saturated heterocycles. The van der Waals surface area contributed by atoms with Gasteiger partial charge in [0.1, 0.15) is 22.2 Å². The predicted molar refractivity (Wildman–Crippen MR) is 114 cm³/mol. The topological polar surface area (TPSA) is 71.1 Å². The first-order valence-electron chi connectivity index (χ1n) is 9.87. The van der Waals surface area contributed by atoms with Crippen molar-refractivity contribution in [1.29, 1.82) is 0 Å². The van der Waals surface area contributed by atoms with Crippen LogP contribution in [0, 0.1) is 5.82 Å². The average Bonchev–Trinajstić information content (AvgIpc) is 2.77. The first-order chi connectivity index (χ1) is 14.4. The van der Waals surface area contributed by atoms with Gasteiger partial charge in [-0.1, -0.05) is 0 Å². The highest BCUT2D eigenvalue weighted by molar-refractivity contribution is 7.89. The van der Waals surface area contributed by atoms with Gasteiger partial charge in [0, 0.05) is 44.5 Å². The fraction of sp³-hybridized carbons (Fsp3) is 0.429. The van der Waals surface area contributed by atoms with Crippen LogP contribution in [0.2, 0.25) is 0 Å². The van der Waals surface area contributed by atoms with Crippen LogP contribution in [0.15, 0.2) is 47.4 Å². The number of benzene rings is 2. The van der Waals surface area contributed by atoms with Gasteiger partial charge in [0.15, 0.2) is 0 Å². The van der Waals surface area contributed by atoms with E-state index in [9.17, 15) is 12.8 Å². The molecule has 1 N–H and O–H groups in total. The fourth-order valence-electron chi connectivity index (χ4n) is 3.46. The van der Waals surface area contributed by atoms with Crippen molar-refractivity contribution in [3.8, 4) is 11.5 Å². The van der Waals surface area contributed by atoms with Crippen molar-refractivity contribution >= 4 is 15.7 Å². The SMILES string of the molecule is COc1ccc(OC)c(S(=O)(=O)NCCCN2CCN(c3ccc(F)cc3)CC2)c1. The molecule has 0 saturated carbocycles. The molecule has 0 amide bonds. The van der Waals surface area contributed by atoms with Gasteiger partial charge in [0.25, 0.3) is 0 Å². The highest BCUT2D eigenvalue weighted by atomic mass is 32.2. The minimum absolute atomic E-state index is 0.0669. The molecule has 164 valence electrons. The monoisotopic (exact) mass is 437 g/mol. The fourth-order valence-corrected chi connectivity index (χ4v) is 4.72. The van der Waals surface area contributed by atoms with Crippen molar-refractivity contribution in [2.24, 2.45) is 0 Å². The summed E-state index contributed by atoms with van der Waals surface area (Å²) in [6, 6.07) is 11.2. The third kappa shape index (κ3) is 5.62. The lowest BCUT2D eigenvalue weighted by Gasteiger charge is -2.36. The van der Waals surface area contributed by atoms with Gasteiger partial charge in [-0.15, -0.1) is 0 Å². The van der Waals surface area contributed by atoms with Crippen LogP contribution in [0.4, 0.5) is 10.1 Å². The number of rotatable bonds is 9. The number of ether oxygens (including phenoxy) is 2. The molecule has 7 nitrogen and oxygen atoms in total. The zero-order valence-electron chi connectivity index (χ0n) is 17.3. The van der Waals surface area contributed by atoms with Gasteiger partial charge < -0.3 is 14.4 Å². The van der Waals surface area contributed by atoms with Gasteiger partial charge in [-0.25, -0.2) is 17.5 Å². The van der Waals surface area contributed by atoms with Crippen molar-refractivity contribution in [3.05, 3.63) is 48.3 Å². The quantitative estimate of drug-likeness (QED) is 0.608. The van der Waals surface area contributed by atoms with E-state index in [-0.39, 0.29) is 16.5 Å². The third-order valence-corrected chi connectivity index (χ3v) is 6.65. The van der Waals surface area contributed by atoms with E-state index >= 15 is 0 Å². The Balaban J connectivity index is 1.46. The molecule has 0 aliphatic carbocycles. The standard InChI is InChI=1S/C21H28FN3O4S/c1-28-19-8-9-20(29-2)21(16-19)30(26,27)23-10-3-11-24-12-14-25(15-13-24)18-6-4-17(22)5-7-18/h4-9,16,23H,3,10-15H2,1-2H3. The second-order valence-electron chi connectivity index (χ2n) is 7.07. The average molecular weight is 438 g/mol. The van der Waals surface area contributed by atoms with Crippen molar-refractivity contribution in [3.63, 3.8) is 0 Å². The van der Waals surface area contributed by atoms with Crippen LogP contribution < -0.4 is 19.1 Å². The van der Waals surface area contributed by atoms with Gasteiger partial charge in [0.2, 0.25) is 10.0 Å². The molecule has 2 aromatic rings. The lowest BCUT2D eigenvalue weighted by atomic mass is 10.2. The van der Waals surface area contributed by atoms with Crippen molar-refractivity contribution < 1.29 is 22.3 Å². The Kier molecular flexibility index (Phi) is 7.52. The summed E-state index contributed by atoms with van der Waals surface area (Å²) >= 11 is 0. The molecule has 0 radical (unpaired) electrons. The van der Waals surface area contributed by atoms with Gasteiger partial charge in [-0.05, 0) is 49.4 Å². The van der Waals surface area contributed by atoms with Crippen LogP contribution >= 0.6 is 0 Å². The van der Waals surface area contributed by atoms with E-state index in [2.05, 4.69) is 14.5 Å². The Morgan fingerprint density at radius 2 is 1.70 bits per heavy atom. The number of hydrogen-bond donors (Lipinski definition) is 1. The number of sulfonamides is 1. The summed E-state index contributed by atoms with van der Waals surface area (Å²) in [5.74, 6) is 0.502. The van der Waals surface area contributed by atoms with Crippen molar-refractivity contribution in [1.82, 2.24) is 9.62 Å². The number of nitrogens with one attached hydrogen (secondary N) is 1. The summed E-state index contributed by atoms with van der Waals surface area (Å²) in [4.78, 5) is 4.60. The lowest BCUT2D eigenvalue weighted by molar-refractivity contribution is 0.255. The molecule has 1 heterocycles. The molecule has 2 aromatic carbocycles. The largest absolute Gasteiger partial charge is 0.497 e. The Labute approximate surface area is 177 Å². The molecule has 1 aliphatic heterocycles. The molecule has 0 unspecified atom stereocenters. The third-order valence-electron chi connectivity index (χ3n) is 5.17. The van der Waals surface area contributed by atoms with E-state index in [4.69, 9.17) is 9.47 Å². The summed E-state index contributed by atoms with van der Waals surface area (Å²) < 4.78 is 51.3. The lowest BCUT2D eigenvalue weighted by Crippen LogP contribution is -2.47. The van der Waals surface area contributed by atoms with Crippen LogP contribution in [0.1, 0.15) is 6.42 Å². The molecule has 0 bridgehead atoms. The summed E-state index contributed by atoms with van der Waals surface area (Å²) in [6.07, 6.45) is 0.696. The van der Waals surface area contributed by atoms with E-state index < -0.39 is 10.0 Å². The Hall–Kier alpha value is -2.36. The molecule has 0 aromatic heterocycles. The van der Waals surface area contributed by atoms with Crippen LogP contribution in [0.5, 0.6) is 11.5 Å². The van der Waals surface area contributed by atoms with Gasteiger partial charge in [-0.2, -0.15) is 0 Å². The Morgan fingerprint density at radius 3 is 2.33 bits per heavy atom. The van der Waals surface area contributed by atoms with Crippen LogP contribution in [0.25, 0.3) is 0 Å². The number of anilines is 1. The molecule has 1 aliphatic rings. The maximum Gasteiger partial charge on any atom is 0.244 e. The highest BCUT2D eigenvalue weighted by Crippen LogP contribution is 2.28. The predicted octanol–water partition coefficient (Wildman–Crippen LogP) is 2.33. The van der Waals surface area contributed by atoms with Gasteiger partial charge >= 0.3 is 0 Å². The summed E-state index contributed by atoms with van der Waals surface area (Å²) in [5.41, 5.74) is 1.02.